The summed E-state index contributed by atoms with van der Waals surface area (Å²) in [6.07, 6.45) is 6.79. The van der Waals surface area contributed by atoms with E-state index in [0.29, 0.717) is 5.92 Å². The van der Waals surface area contributed by atoms with Crippen molar-refractivity contribution in [3.63, 3.8) is 0 Å². The second-order valence-corrected chi connectivity index (χ2v) is 3.60. The lowest BCUT2D eigenvalue weighted by atomic mass is 9.88. The molecule has 0 aliphatic heterocycles. The fraction of sp³-hybridized carbons (Fsp3) is 0.778. The second-order valence-electron chi connectivity index (χ2n) is 3.60. The summed E-state index contributed by atoms with van der Waals surface area (Å²) in [7, 11) is 1.70. The molecule has 2 bridgehead atoms. The van der Waals surface area contributed by atoms with Gasteiger partial charge in [0.15, 0.2) is 0 Å². The normalized spacial score (nSPS) is 48.2. The van der Waals surface area contributed by atoms with Crippen LogP contribution in [0, 0.1) is 5.92 Å². The molecule has 2 aliphatic rings. The third-order valence-electron chi connectivity index (χ3n) is 3.06. The van der Waals surface area contributed by atoms with Crippen molar-refractivity contribution in [1.82, 2.24) is 0 Å². The number of rotatable bonds is 1. The van der Waals surface area contributed by atoms with Crippen LogP contribution in [-0.4, -0.2) is 23.9 Å². The molecule has 0 radical (unpaired) electrons. The first kappa shape index (κ1) is 7.32. The lowest BCUT2D eigenvalue weighted by molar-refractivity contribution is -0.0826. The van der Waals surface area contributed by atoms with Crippen LogP contribution >= 0.6 is 0 Å². The van der Waals surface area contributed by atoms with E-state index < -0.39 is 0 Å². The van der Waals surface area contributed by atoms with Crippen LogP contribution in [0.2, 0.25) is 0 Å². The van der Waals surface area contributed by atoms with Crippen LogP contribution < -0.4 is 0 Å². The van der Waals surface area contributed by atoms with E-state index >= 15 is 0 Å². The van der Waals surface area contributed by atoms with Crippen LogP contribution in [0.1, 0.15) is 19.3 Å². The topological polar surface area (TPSA) is 29.5 Å². The van der Waals surface area contributed by atoms with Gasteiger partial charge in [-0.05, 0) is 25.2 Å². The smallest absolute Gasteiger partial charge is 0.101 e. The zero-order valence-corrected chi connectivity index (χ0v) is 6.79. The average Bonchev–Trinajstić information content (AvgIpc) is 2.39. The quantitative estimate of drug-likeness (QED) is 0.573. The van der Waals surface area contributed by atoms with Gasteiger partial charge >= 0.3 is 0 Å². The zero-order valence-electron chi connectivity index (χ0n) is 6.79. The zero-order chi connectivity index (χ0) is 7.90. The van der Waals surface area contributed by atoms with Gasteiger partial charge in [-0.25, -0.2) is 0 Å². The van der Waals surface area contributed by atoms with Crippen molar-refractivity contribution in [3.8, 4) is 0 Å². The molecule has 0 aromatic rings. The van der Waals surface area contributed by atoms with E-state index in [1.807, 2.05) is 6.08 Å². The molecule has 1 saturated carbocycles. The highest BCUT2D eigenvalue weighted by molar-refractivity contribution is 5.14. The van der Waals surface area contributed by atoms with Crippen molar-refractivity contribution >= 4 is 0 Å². The number of aliphatic hydroxyl groups excluding tert-OH is 1. The molecule has 3 atom stereocenters. The molecule has 2 rings (SSSR count). The fourth-order valence-corrected chi connectivity index (χ4v) is 2.25. The third-order valence-corrected chi connectivity index (χ3v) is 3.06. The molecule has 1 fully saturated rings. The highest BCUT2D eigenvalue weighted by Gasteiger charge is 2.45. The predicted molar refractivity (Wildman–Crippen MR) is 42.2 cm³/mol. The van der Waals surface area contributed by atoms with Gasteiger partial charge in [0.25, 0.3) is 0 Å². The Bertz CT molecular complexity index is 188. The summed E-state index contributed by atoms with van der Waals surface area (Å²) in [6, 6.07) is 0. The molecule has 0 aromatic heterocycles. The molecule has 0 amide bonds. The van der Waals surface area contributed by atoms with E-state index in [1.54, 1.807) is 7.11 Å². The van der Waals surface area contributed by atoms with Gasteiger partial charge < -0.3 is 9.84 Å². The molecule has 0 aromatic carbocycles. The van der Waals surface area contributed by atoms with Crippen LogP contribution in [0.3, 0.4) is 0 Å². The predicted octanol–water partition coefficient (Wildman–Crippen LogP) is 1.10. The summed E-state index contributed by atoms with van der Waals surface area (Å²) < 4.78 is 5.38. The molecule has 1 N–H and O–H groups in total. The van der Waals surface area contributed by atoms with Crippen LogP contribution in [0.15, 0.2) is 12.2 Å². The Morgan fingerprint density at radius 3 is 3.00 bits per heavy atom. The number of fused-ring (bicyclic) bond motifs is 2. The monoisotopic (exact) mass is 154 g/mol. The Kier molecular flexibility index (Phi) is 1.55. The van der Waals surface area contributed by atoms with Crippen molar-refractivity contribution in [2.24, 2.45) is 5.92 Å². The molecule has 11 heavy (non-hydrogen) atoms. The standard InChI is InChI=1S/C9H14O2/c1-11-9-5-4-7(6-9)2-3-8(9)10/h2-3,7-8,10H,4-6H2,1H3/t7-,8-,9-/m0/s1. The van der Waals surface area contributed by atoms with Gasteiger partial charge in [0.1, 0.15) is 6.10 Å². The highest BCUT2D eigenvalue weighted by atomic mass is 16.5. The lowest BCUT2D eigenvalue weighted by Crippen LogP contribution is -2.42. The number of hydrogen-bond donors (Lipinski definition) is 1. The summed E-state index contributed by atoms with van der Waals surface area (Å²) in [6.45, 7) is 0. The maximum atomic E-state index is 9.63. The van der Waals surface area contributed by atoms with Gasteiger partial charge in [-0.15, -0.1) is 0 Å². The molecular weight excluding hydrogens is 140 g/mol. The summed E-state index contributed by atoms with van der Waals surface area (Å²) in [5, 5.41) is 9.63. The van der Waals surface area contributed by atoms with Gasteiger partial charge in [-0.2, -0.15) is 0 Å². The first-order chi connectivity index (χ1) is 5.27. The summed E-state index contributed by atoms with van der Waals surface area (Å²) in [5.74, 6) is 0.651. The molecule has 0 spiro atoms. The van der Waals surface area contributed by atoms with Crippen LogP contribution in [0.5, 0.6) is 0 Å². The number of hydrogen-bond acceptors (Lipinski definition) is 2. The van der Waals surface area contributed by atoms with Gasteiger partial charge in [-0.3, -0.25) is 0 Å². The molecule has 2 heteroatoms. The Morgan fingerprint density at radius 2 is 2.36 bits per heavy atom. The summed E-state index contributed by atoms with van der Waals surface area (Å²) in [5.41, 5.74) is -0.237. The minimum atomic E-state index is -0.383. The largest absolute Gasteiger partial charge is 0.386 e. The lowest BCUT2D eigenvalue weighted by Gasteiger charge is -2.33. The summed E-state index contributed by atoms with van der Waals surface area (Å²) in [4.78, 5) is 0. The number of methoxy groups -OCH3 is 1. The van der Waals surface area contributed by atoms with Crippen molar-refractivity contribution in [2.45, 2.75) is 31.0 Å². The van der Waals surface area contributed by atoms with Gasteiger partial charge in [0, 0.05) is 7.11 Å². The van der Waals surface area contributed by atoms with Gasteiger partial charge in [-0.1, -0.05) is 12.2 Å². The van der Waals surface area contributed by atoms with E-state index in [9.17, 15) is 5.11 Å². The minimum absolute atomic E-state index is 0.237. The van der Waals surface area contributed by atoms with E-state index in [-0.39, 0.29) is 11.7 Å². The maximum absolute atomic E-state index is 9.63. The molecule has 0 saturated heterocycles. The maximum Gasteiger partial charge on any atom is 0.101 e. The number of ether oxygens (including phenoxy) is 1. The van der Waals surface area contributed by atoms with Crippen molar-refractivity contribution < 1.29 is 9.84 Å². The van der Waals surface area contributed by atoms with Crippen molar-refractivity contribution in [2.75, 3.05) is 7.11 Å². The highest BCUT2D eigenvalue weighted by Crippen LogP contribution is 2.43. The number of aliphatic hydroxyl groups is 1. The molecule has 0 unspecified atom stereocenters. The average molecular weight is 154 g/mol. The van der Waals surface area contributed by atoms with Crippen LogP contribution in [0.4, 0.5) is 0 Å². The van der Waals surface area contributed by atoms with Gasteiger partial charge in [0.2, 0.25) is 0 Å². The van der Waals surface area contributed by atoms with Crippen LogP contribution in [-0.2, 0) is 4.74 Å². The SMILES string of the molecule is CO[C@]12CC[C@H](C=C[C@@H]1O)C2. The Morgan fingerprint density at radius 1 is 1.55 bits per heavy atom. The van der Waals surface area contributed by atoms with Crippen LogP contribution in [0.25, 0.3) is 0 Å². The Labute approximate surface area is 66.9 Å². The fourth-order valence-electron chi connectivity index (χ4n) is 2.25. The van der Waals surface area contributed by atoms with E-state index in [4.69, 9.17) is 4.74 Å². The molecule has 2 aliphatic carbocycles. The molecular formula is C9H14O2. The number of allylic oxidation sites excluding steroid dienone is 1. The van der Waals surface area contributed by atoms with E-state index in [1.165, 1.54) is 6.42 Å². The van der Waals surface area contributed by atoms with Gasteiger partial charge in [0.05, 0.1) is 5.60 Å². The molecule has 2 nitrogen and oxygen atoms in total. The van der Waals surface area contributed by atoms with E-state index in [2.05, 4.69) is 6.08 Å². The molecule has 0 heterocycles. The summed E-state index contributed by atoms with van der Waals surface area (Å²) >= 11 is 0. The third kappa shape index (κ3) is 0.932. The Hall–Kier alpha value is -0.340. The first-order valence-electron chi connectivity index (χ1n) is 4.18. The molecule has 62 valence electrons. The van der Waals surface area contributed by atoms with Crippen molar-refractivity contribution in [3.05, 3.63) is 12.2 Å². The first-order valence-corrected chi connectivity index (χ1v) is 4.18. The van der Waals surface area contributed by atoms with E-state index in [0.717, 1.165) is 12.8 Å². The minimum Gasteiger partial charge on any atom is -0.386 e. The second kappa shape index (κ2) is 2.32. The van der Waals surface area contributed by atoms with Crippen molar-refractivity contribution in [1.29, 1.82) is 0 Å². The Balaban J connectivity index is 2.27.